The van der Waals surface area contributed by atoms with Crippen LogP contribution in [0.1, 0.15) is 35.3 Å². The number of rotatable bonds is 3. The minimum absolute atomic E-state index is 0.0452. The number of amides is 1. The van der Waals surface area contributed by atoms with Crippen LogP contribution in [0.25, 0.3) is 0 Å². The van der Waals surface area contributed by atoms with E-state index < -0.39 is 0 Å². The number of nitrogens with zero attached hydrogens (tertiary/aromatic N) is 1. The molecule has 0 fully saturated rings. The number of halogens is 2. The molecule has 0 saturated heterocycles. The Morgan fingerprint density at radius 2 is 1.71 bits per heavy atom. The highest BCUT2D eigenvalue weighted by molar-refractivity contribution is 9.11. The number of hydrogen-bond donors (Lipinski definition) is 1. The molecule has 28 heavy (non-hydrogen) atoms. The summed E-state index contributed by atoms with van der Waals surface area (Å²) >= 11 is 7.14. The van der Waals surface area contributed by atoms with Gasteiger partial charge in [-0.1, -0.05) is 52.3 Å². The van der Waals surface area contributed by atoms with Gasteiger partial charge in [-0.05, 0) is 71.2 Å². The Hall–Kier alpha value is -2.11. The van der Waals surface area contributed by atoms with Gasteiger partial charge in [0.2, 0.25) is 0 Å². The van der Waals surface area contributed by atoms with Crippen LogP contribution in [0.3, 0.4) is 0 Å². The van der Waals surface area contributed by atoms with Gasteiger partial charge < -0.3 is 10.2 Å². The van der Waals surface area contributed by atoms with Crippen LogP contribution in [0.2, 0.25) is 0 Å². The third-order valence-electron chi connectivity index (χ3n) is 5.09. The molecule has 1 N–H and O–H groups in total. The van der Waals surface area contributed by atoms with Crippen molar-refractivity contribution < 1.29 is 4.79 Å². The van der Waals surface area contributed by atoms with Gasteiger partial charge in [-0.25, -0.2) is 0 Å². The molecule has 0 radical (unpaired) electrons. The molecule has 0 aromatic heterocycles. The maximum absolute atomic E-state index is 13.2. The van der Waals surface area contributed by atoms with Crippen LogP contribution in [0.4, 0.5) is 11.4 Å². The number of hydrogen-bond acceptors (Lipinski definition) is 2. The molecular formula is C23H20Br2N2O. The monoisotopic (exact) mass is 498 g/mol. The standard InChI is InChI=1S/C23H20Br2N2O/c1-15-13-21(26-20-12-11-17(24)14-19(20)25)18-9-5-6-10-22(18)27(15)23(28)16-7-3-2-4-8-16/h2-12,14-15,21,26H,13H2,1H3. The summed E-state index contributed by atoms with van der Waals surface area (Å²) in [4.78, 5) is 15.2. The van der Waals surface area contributed by atoms with Gasteiger partial charge >= 0.3 is 0 Å². The van der Waals surface area contributed by atoms with Gasteiger partial charge in [0, 0.05) is 31.9 Å². The zero-order valence-corrected chi connectivity index (χ0v) is 18.6. The normalized spacial score (nSPS) is 18.5. The number of benzene rings is 3. The molecule has 5 heteroatoms. The van der Waals surface area contributed by atoms with E-state index in [1.165, 1.54) is 0 Å². The van der Waals surface area contributed by atoms with Gasteiger partial charge in [-0.3, -0.25) is 4.79 Å². The highest BCUT2D eigenvalue weighted by atomic mass is 79.9. The molecule has 0 saturated carbocycles. The molecule has 1 amide bonds. The van der Waals surface area contributed by atoms with Crippen molar-refractivity contribution in [2.75, 3.05) is 10.2 Å². The fourth-order valence-electron chi connectivity index (χ4n) is 3.77. The largest absolute Gasteiger partial charge is 0.377 e. The third kappa shape index (κ3) is 3.74. The summed E-state index contributed by atoms with van der Waals surface area (Å²) in [6, 6.07) is 24.0. The van der Waals surface area contributed by atoms with Crippen molar-refractivity contribution in [3.8, 4) is 0 Å². The fourth-order valence-corrected chi connectivity index (χ4v) is 4.93. The quantitative estimate of drug-likeness (QED) is 0.429. The molecule has 0 spiro atoms. The molecule has 0 bridgehead atoms. The highest BCUT2D eigenvalue weighted by Crippen LogP contribution is 2.40. The van der Waals surface area contributed by atoms with Crippen LogP contribution in [0.15, 0.2) is 81.7 Å². The van der Waals surface area contributed by atoms with Gasteiger partial charge in [-0.15, -0.1) is 0 Å². The number of carbonyl (C=O) groups is 1. The second kappa shape index (κ2) is 8.10. The Morgan fingerprint density at radius 1 is 1.00 bits per heavy atom. The van der Waals surface area contributed by atoms with Gasteiger partial charge in [-0.2, -0.15) is 0 Å². The first kappa shape index (κ1) is 19.2. The molecule has 142 valence electrons. The number of anilines is 2. The average Bonchev–Trinajstić information content (AvgIpc) is 2.70. The smallest absolute Gasteiger partial charge is 0.258 e. The van der Waals surface area contributed by atoms with E-state index in [1.807, 2.05) is 65.6 Å². The van der Waals surface area contributed by atoms with Crippen molar-refractivity contribution in [2.45, 2.75) is 25.4 Å². The summed E-state index contributed by atoms with van der Waals surface area (Å²) in [6.45, 7) is 2.11. The van der Waals surface area contributed by atoms with E-state index in [0.717, 1.165) is 32.3 Å². The maximum atomic E-state index is 13.2. The topological polar surface area (TPSA) is 32.3 Å². The first-order valence-electron chi connectivity index (χ1n) is 9.23. The lowest BCUT2D eigenvalue weighted by Crippen LogP contribution is -2.44. The Kier molecular flexibility index (Phi) is 5.56. The maximum Gasteiger partial charge on any atom is 0.258 e. The molecule has 0 aliphatic carbocycles. The van der Waals surface area contributed by atoms with Crippen molar-refractivity contribution in [3.05, 3.63) is 92.9 Å². The van der Waals surface area contributed by atoms with Crippen molar-refractivity contribution in [1.82, 2.24) is 0 Å². The highest BCUT2D eigenvalue weighted by Gasteiger charge is 2.34. The Balaban J connectivity index is 1.69. The summed E-state index contributed by atoms with van der Waals surface area (Å²) in [5, 5.41) is 3.66. The lowest BCUT2D eigenvalue weighted by molar-refractivity contribution is 0.0974. The van der Waals surface area contributed by atoms with E-state index in [0.29, 0.717) is 5.56 Å². The van der Waals surface area contributed by atoms with Crippen LogP contribution in [-0.2, 0) is 0 Å². The predicted octanol–water partition coefficient (Wildman–Crippen LogP) is 6.80. The lowest BCUT2D eigenvalue weighted by Gasteiger charge is -2.40. The third-order valence-corrected chi connectivity index (χ3v) is 6.24. The molecule has 3 aromatic rings. The van der Waals surface area contributed by atoms with E-state index in [1.54, 1.807) is 0 Å². The minimum Gasteiger partial charge on any atom is -0.377 e. The number of fused-ring (bicyclic) bond motifs is 1. The SMILES string of the molecule is CC1CC(Nc2ccc(Br)cc2Br)c2ccccc2N1C(=O)c1ccccc1. The summed E-state index contributed by atoms with van der Waals surface area (Å²) in [7, 11) is 0. The van der Waals surface area contributed by atoms with Crippen LogP contribution >= 0.6 is 31.9 Å². The summed E-state index contributed by atoms with van der Waals surface area (Å²) < 4.78 is 2.04. The number of carbonyl (C=O) groups excluding carboxylic acids is 1. The van der Waals surface area contributed by atoms with Crippen LogP contribution < -0.4 is 10.2 Å². The van der Waals surface area contributed by atoms with Crippen LogP contribution in [0, 0.1) is 0 Å². The first-order chi connectivity index (χ1) is 13.5. The lowest BCUT2D eigenvalue weighted by atomic mass is 9.90. The van der Waals surface area contributed by atoms with Crippen LogP contribution in [0.5, 0.6) is 0 Å². The predicted molar refractivity (Wildman–Crippen MR) is 122 cm³/mol. The Bertz CT molecular complexity index is 1010. The van der Waals surface area contributed by atoms with Gasteiger partial charge in [0.1, 0.15) is 0 Å². The Morgan fingerprint density at radius 3 is 2.46 bits per heavy atom. The molecule has 1 aliphatic heterocycles. The number of nitrogens with one attached hydrogen (secondary N) is 1. The molecule has 2 unspecified atom stereocenters. The second-order valence-corrected chi connectivity index (χ2v) is 8.78. The van der Waals surface area contributed by atoms with Crippen molar-refractivity contribution in [1.29, 1.82) is 0 Å². The number of para-hydroxylation sites is 1. The van der Waals surface area contributed by atoms with E-state index in [4.69, 9.17) is 0 Å². The van der Waals surface area contributed by atoms with Gasteiger partial charge in [0.25, 0.3) is 5.91 Å². The minimum atomic E-state index is 0.0452. The van der Waals surface area contributed by atoms with E-state index >= 15 is 0 Å². The van der Waals surface area contributed by atoms with Gasteiger partial charge in [0.15, 0.2) is 0 Å². The Labute approximate surface area is 182 Å². The molecule has 4 rings (SSSR count). The van der Waals surface area contributed by atoms with Crippen molar-refractivity contribution in [2.24, 2.45) is 0 Å². The zero-order chi connectivity index (χ0) is 19.7. The molecule has 3 aromatic carbocycles. The molecule has 2 atom stereocenters. The summed E-state index contributed by atoms with van der Waals surface area (Å²) in [5.74, 6) is 0.0452. The second-order valence-electron chi connectivity index (χ2n) is 7.01. The zero-order valence-electron chi connectivity index (χ0n) is 15.4. The summed E-state index contributed by atoms with van der Waals surface area (Å²) in [6.07, 6.45) is 0.831. The fraction of sp³-hybridized carbons (Fsp3) is 0.174. The average molecular weight is 500 g/mol. The van der Waals surface area contributed by atoms with Gasteiger partial charge in [0.05, 0.1) is 6.04 Å². The van der Waals surface area contributed by atoms with Crippen molar-refractivity contribution >= 4 is 49.1 Å². The van der Waals surface area contributed by atoms with Crippen LogP contribution in [-0.4, -0.2) is 11.9 Å². The molecule has 1 aliphatic rings. The first-order valence-corrected chi connectivity index (χ1v) is 10.8. The van der Waals surface area contributed by atoms with E-state index in [9.17, 15) is 4.79 Å². The molecule has 1 heterocycles. The summed E-state index contributed by atoms with van der Waals surface area (Å²) in [5.41, 5.74) is 3.87. The van der Waals surface area contributed by atoms with Crippen molar-refractivity contribution in [3.63, 3.8) is 0 Å². The molecule has 3 nitrogen and oxygen atoms in total. The molecular weight excluding hydrogens is 480 g/mol. The van der Waals surface area contributed by atoms with E-state index in [2.05, 4.69) is 56.2 Å². The van der Waals surface area contributed by atoms with E-state index in [-0.39, 0.29) is 18.0 Å².